The maximum Gasteiger partial charge on any atom is 0.226 e. The molecule has 5 heteroatoms. The number of aryl methyl sites for hydroxylation is 2. The van der Waals surface area contributed by atoms with E-state index in [1.54, 1.807) is 23.7 Å². The lowest BCUT2D eigenvalue weighted by atomic mass is 9.97. The SMILES string of the molecule is CC(COc1nc(-c2ccncc2)nc2sc3c(c12)CCCC3)c1ccccc1. The Morgan fingerprint density at radius 2 is 1.79 bits per heavy atom. The Labute approximate surface area is 174 Å². The molecule has 4 nitrogen and oxygen atoms in total. The smallest absolute Gasteiger partial charge is 0.226 e. The zero-order valence-corrected chi connectivity index (χ0v) is 17.3. The van der Waals surface area contributed by atoms with Gasteiger partial charge in [-0.1, -0.05) is 37.3 Å². The van der Waals surface area contributed by atoms with Crippen LogP contribution in [0.25, 0.3) is 21.6 Å². The first-order valence-electron chi connectivity index (χ1n) is 10.2. The molecule has 29 heavy (non-hydrogen) atoms. The van der Waals surface area contributed by atoms with Gasteiger partial charge in [0.25, 0.3) is 0 Å². The average molecular weight is 402 g/mol. The molecule has 0 saturated heterocycles. The second-order valence-corrected chi connectivity index (χ2v) is 8.69. The first-order valence-corrected chi connectivity index (χ1v) is 11.0. The van der Waals surface area contributed by atoms with Crippen LogP contribution in [0.4, 0.5) is 0 Å². The largest absolute Gasteiger partial charge is 0.476 e. The van der Waals surface area contributed by atoms with Gasteiger partial charge in [-0.05, 0) is 48.9 Å². The number of benzene rings is 1. The molecule has 0 aliphatic heterocycles. The van der Waals surface area contributed by atoms with Crippen LogP contribution in [0.5, 0.6) is 5.88 Å². The minimum absolute atomic E-state index is 0.292. The van der Waals surface area contributed by atoms with Crippen LogP contribution < -0.4 is 4.74 Å². The Morgan fingerprint density at radius 3 is 2.62 bits per heavy atom. The third-order valence-electron chi connectivity index (χ3n) is 5.56. The monoisotopic (exact) mass is 401 g/mol. The van der Waals surface area contributed by atoms with Crippen molar-refractivity contribution >= 4 is 21.6 Å². The van der Waals surface area contributed by atoms with Crippen molar-refractivity contribution in [1.29, 1.82) is 0 Å². The van der Waals surface area contributed by atoms with Crippen molar-refractivity contribution in [1.82, 2.24) is 15.0 Å². The standard InChI is InChI=1S/C24H23N3OS/c1-16(17-7-3-2-4-8-17)15-28-23-21-19-9-5-6-10-20(19)29-24(21)27-22(26-23)18-11-13-25-14-12-18/h2-4,7-8,11-14,16H,5-6,9-10,15H2,1H3. The van der Waals surface area contributed by atoms with Crippen molar-refractivity contribution < 1.29 is 4.74 Å². The van der Waals surface area contributed by atoms with E-state index in [0.717, 1.165) is 34.5 Å². The van der Waals surface area contributed by atoms with Crippen molar-refractivity contribution in [2.75, 3.05) is 6.61 Å². The minimum atomic E-state index is 0.292. The fourth-order valence-corrected chi connectivity index (χ4v) is 5.19. The van der Waals surface area contributed by atoms with Gasteiger partial charge in [-0.2, -0.15) is 4.98 Å². The molecule has 0 radical (unpaired) electrons. The highest BCUT2D eigenvalue weighted by Crippen LogP contribution is 2.40. The van der Waals surface area contributed by atoms with Gasteiger partial charge in [-0.3, -0.25) is 4.98 Å². The van der Waals surface area contributed by atoms with E-state index < -0.39 is 0 Å². The van der Waals surface area contributed by atoms with Crippen molar-refractivity contribution in [3.05, 3.63) is 70.9 Å². The summed E-state index contributed by atoms with van der Waals surface area (Å²) in [6.07, 6.45) is 8.27. The molecule has 1 unspecified atom stereocenters. The number of nitrogens with zero attached hydrogens (tertiary/aromatic N) is 3. The summed E-state index contributed by atoms with van der Waals surface area (Å²) in [5.74, 6) is 1.73. The van der Waals surface area contributed by atoms with E-state index in [1.807, 2.05) is 18.2 Å². The zero-order valence-electron chi connectivity index (χ0n) is 16.5. The van der Waals surface area contributed by atoms with E-state index in [-0.39, 0.29) is 0 Å². The lowest BCUT2D eigenvalue weighted by Crippen LogP contribution is -2.09. The maximum absolute atomic E-state index is 6.36. The number of hydrogen-bond donors (Lipinski definition) is 0. The third kappa shape index (κ3) is 3.62. The van der Waals surface area contributed by atoms with E-state index in [4.69, 9.17) is 14.7 Å². The van der Waals surface area contributed by atoms with Crippen LogP contribution in [0.1, 0.15) is 41.7 Å². The lowest BCUT2D eigenvalue weighted by Gasteiger charge is -2.16. The van der Waals surface area contributed by atoms with Gasteiger partial charge in [-0.15, -0.1) is 11.3 Å². The number of aromatic nitrogens is 3. The quantitative estimate of drug-likeness (QED) is 0.423. The zero-order chi connectivity index (χ0) is 19.6. The molecule has 1 atom stereocenters. The van der Waals surface area contributed by atoms with Crippen LogP contribution in [0.2, 0.25) is 0 Å². The van der Waals surface area contributed by atoms with Crippen molar-refractivity contribution in [3.8, 4) is 17.3 Å². The lowest BCUT2D eigenvalue weighted by molar-refractivity contribution is 0.288. The van der Waals surface area contributed by atoms with Gasteiger partial charge >= 0.3 is 0 Å². The van der Waals surface area contributed by atoms with E-state index in [9.17, 15) is 0 Å². The van der Waals surface area contributed by atoms with Crippen LogP contribution in [0.3, 0.4) is 0 Å². The van der Waals surface area contributed by atoms with Crippen LogP contribution in [-0.4, -0.2) is 21.6 Å². The Morgan fingerprint density at radius 1 is 1.00 bits per heavy atom. The van der Waals surface area contributed by atoms with E-state index in [0.29, 0.717) is 18.3 Å². The summed E-state index contributed by atoms with van der Waals surface area (Å²) < 4.78 is 6.36. The highest BCUT2D eigenvalue weighted by atomic mass is 32.1. The maximum atomic E-state index is 6.36. The van der Waals surface area contributed by atoms with Crippen LogP contribution in [0.15, 0.2) is 54.9 Å². The predicted molar refractivity (Wildman–Crippen MR) is 118 cm³/mol. The molecule has 3 heterocycles. The molecule has 0 saturated carbocycles. The van der Waals surface area contributed by atoms with Crippen molar-refractivity contribution in [3.63, 3.8) is 0 Å². The van der Waals surface area contributed by atoms with Gasteiger partial charge in [0.05, 0.1) is 12.0 Å². The summed E-state index contributed by atoms with van der Waals surface area (Å²) in [7, 11) is 0. The average Bonchev–Trinajstić information content (AvgIpc) is 3.17. The van der Waals surface area contributed by atoms with Gasteiger partial charge < -0.3 is 4.74 Å². The van der Waals surface area contributed by atoms with Crippen LogP contribution >= 0.6 is 11.3 Å². The molecule has 0 fully saturated rings. The van der Waals surface area contributed by atoms with Crippen molar-refractivity contribution in [2.24, 2.45) is 0 Å². The molecule has 3 aromatic heterocycles. The molecule has 1 aliphatic carbocycles. The second kappa shape index (κ2) is 7.91. The Bertz CT molecular complexity index is 1130. The molecule has 0 N–H and O–H groups in total. The normalized spacial score (nSPS) is 14.5. The summed E-state index contributed by atoms with van der Waals surface area (Å²) in [6, 6.07) is 14.4. The van der Waals surface area contributed by atoms with Gasteiger partial charge in [-0.25, -0.2) is 4.98 Å². The Hall–Kier alpha value is -2.79. The number of pyridine rings is 1. The molecule has 5 rings (SSSR count). The number of ether oxygens (including phenoxy) is 1. The summed E-state index contributed by atoms with van der Waals surface area (Å²) in [5.41, 5.74) is 3.65. The van der Waals surface area contributed by atoms with Crippen molar-refractivity contribution in [2.45, 2.75) is 38.5 Å². The van der Waals surface area contributed by atoms with Gasteiger partial charge in [0.1, 0.15) is 4.83 Å². The molecule has 0 spiro atoms. The first kappa shape index (κ1) is 18.3. The third-order valence-corrected chi connectivity index (χ3v) is 6.74. The van der Waals surface area contributed by atoms with Gasteiger partial charge in [0.2, 0.25) is 5.88 Å². The fraction of sp³-hybridized carbons (Fsp3) is 0.292. The molecule has 146 valence electrons. The minimum Gasteiger partial charge on any atom is -0.476 e. The van der Waals surface area contributed by atoms with Crippen LogP contribution in [0, 0.1) is 0 Å². The summed E-state index contributed by atoms with van der Waals surface area (Å²) in [4.78, 5) is 16.4. The Kier molecular flexibility index (Phi) is 4.98. The highest BCUT2D eigenvalue weighted by molar-refractivity contribution is 7.18. The number of thiophene rings is 1. The Balaban J connectivity index is 1.55. The van der Waals surface area contributed by atoms with E-state index in [1.165, 1.54) is 28.8 Å². The second-order valence-electron chi connectivity index (χ2n) is 7.60. The molecule has 0 bridgehead atoms. The molecule has 1 aliphatic rings. The topological polar surface area (TPSA) is 47.9 Å². The molecule has 0 amide bonds. The summed E-state index contributed by atoms with van der Waals surface area (Å²) >= 11 is 1.81. The van der Waals surface area contributed by atoms with E-state index in [2.05, 4.69) is 36.2 Å². The molecule has 4 aromatic rings. The van der Waals surface area contributed by atoms with Gasteiger partial charge in [0, 0.05) is 28.8 Å². The molecular weight excluding hydrogens is 378 g/mol. The summed E-state index contributed by atoms with van der Waals surface area (Å²) in [6.45, 7) is 2.79. The number of rotatable bonds is 5. The first-order chi connectivity index (χ1) is 14.3. The van der Waals surface area contributed by atoms with Crippen LogP contribution in [-0.2, 0) is 12.8 Å². The fourth-order valence-electron chi connectivity index (χ4n) is 3.94. The molecular formula is C24H23N3OS. The number of hydrogen-bond acceptors (Lipinski definition) is 5. The van der Waals surface area contributed by atoms with E-state index >= 15 is 0 Å². The number of fused-ring (bicyclic) bond motifs is 3. The predicted octanol–water partition coefficient (Wildman–Crippen LogP) is 5.81. The molecule has 1 aromatic carbocycles. The highest BCUT2D eigenvalue weighted by Gasteiger charge is 2.23. The summed E-state index contributed by atoms with van der Waals surface area (Å²) in [5, 5.41) is 1.13. The van der Waals surface area contributed by atoms with Gasteiger partial charge in [0.15, 0.2) is 5.82 Å².